The molecule has 0 fully saturated rings. The molecule has 0 saturated carbocycles. The van der Waals surface area contributed by atoms with Crippen molar-refractivity contribution in [3.63, 3.8) is 0 Å². The summed E-state index contributed by atoms with van der Waals surface area (Å²) in [5.74, 6) is -0.117. The van der Waals surface area contributed by atoms with Crippen LogP contribution in [0.1, 0.15) is 24.0 Å². The summed E-state index contributed by atoms with van der Waals surface area (Å²) in [5, 5.41) is 6.54. The van der Waals surface area contributed by atoms with Gasteiger partial charge in [-0.05, 0) is 70.1 Å². The molecule has 0 saturated heterocycles. The first kappa shape index (κ1) is 14.1. The minimum atomic E-state index is -0.117. The third-order valence-electron chi connectivity index (χ3n) is 2.84. The quantitative estimate of drug-likeness (QED) is 0.679. The number of hydrogen-bond donors (Lipinski definition) is 2. The molecule has 0 aliphatic heterocycles. The average Bonchev–Trinajstić information content (AvgIpc) is 2.32. The molecule has 0 heterocycles. The van der Waals surface area contributed by atoms with Crippen molar-refractivity contribution in [1.82, 2.24) is 10.6 Å². The van der Waals surface area contributed by atoms with E-state index in [1.807, 2.05) is 26.1 Å². The van der Waals surface area contributed by atoms with E-state index in [0.29, 0.717) is 0 Å². The van der Waals surface area contributed by atoms with Crippen LogP contribution in [0.5, 0.6) is 0 Å². The van der Waals surface area contributed by atoms with Gasteiger partial charge in [0, 0.05) is 0 Å². The molecule has 0 amide bonds. The van der Waals surface area contributed by atoms with Crippen molar-refractivity contribution in [2.24, 2.45) is 0 Å². The lowest BCUT2D eigenvalue weighted by Crippen LogP contribution is -2.19. The zero-order valence-corrected chi connectivity index (χ0v) is 10.9. The number of benzene rings is 1. The second-order valence-corrected chi connectivity index (χ2v) is 4.39. The predicted molar refractivity (Wildman–Crippen MR) is 70.9 cm³/mol. The smallest absolute Gasteiger partial charge is 0.126 e. The van der Waals surface area contributed by atoms with Crippen molar-refractivity contribution >= 4 is 0 Å². The number of rotatable bonds is 8. The molecule has 17 heavy (non-hydrogen) atoms. The molecule has 0 unspecified atom stereocenters. The summed E-state index contributed by atoms with van der Waals surface area (Å²) < 4.78 is 13.0. The van der Waals surface area contributed by atoms with Crippen molar-refractivity contribution < 1.29 is 4.39 Å². The highest BCUT2D eigenvalue weighted by Crippen LogP contribution is 2.09. The van der Waals surface area contributed by atoms with Gasteiger partial charge in [0.2, 0.25) is 0 Å². The summed E-state index contributed by atoms with van der Waals surface area (Å²) in [4.78, 5) is 0. The van der Waals surface area contributed by atoms with Crippen molar-refractivity contribution in [2.75, 3.05) is 26.7 Å². The third kappa shape index (κ3) is 5.80. The Balaban J connectivity index is 2.11. The van der Waals surface area contributed by atoms with Crippen LogP contribution in [-0.4, -0.2) is 26.7 Å². The van der Waals surface area contributed by atoms with Gasteiger partial charge >= 0.3 is 0 Å². The lowest BCUT2D eigenvalue weighted by atomic mass is 10.1. The highest BCUT2D eigenvalue weighted by molar-refractivity contribution is 5.24. The van der Waals surface area contributed by atoms with E-state index in [9.17, 15) is 4.39 Å². The first-order valence-corrected chi connectivity index (χ1v) is 6.34. The van der Waals surface area contributed by atoms with Crippen molar-refractivity contribution in [3.05, 3.63) is 35.1 Å². The predicted octanol–water partition coefficient (Wildman–Crippen LogP) is 2.27. The Morgan fingerprint density at radius 2 is 1.88 bits per heavy atom. The van der Waals surface area contributed by atoms with E-state index in [1.54, 1.807) is 6.07 Å². The molecule has 0 aromatic heterocycles. The normalized spacial score (nSPS) is 10.8. The summed E-state index contributed by atoms with van der Waals surface area (Å²) in [6, 6.07) is 5.35. The second-order valence-electron chi connectivity index (χ2n) is 4.39. The lowest BCUT2D eigenvalue weighted by molar-refractivity contribution is 0.603. The van der Waals surface area contributed by atoms with Crippen LogP contribution in [0.15, 0.2) is 18.2 Å². The highest BCUT2D eigenvalue weighted by atomic mass is 19.1. The van der Waals surface area contributed by atoms with E-state index in [2.05, 4.69) is 10.6 Å². The van der Waals surface area contributed by atoms with Gasteiger partial charge in [0.15, 0.2) is 0 Å². The Hall–Kier alpha value is -0.930. The Bertz CT molecular complexity index is 326. The molecule has 2 N–H and O–H groups in total. The minimum absolute atomic E-state index is 0.117. The van der Waals surface area contributed by atoms with Gasteiger partial charge in [0.05, 0.1) is 0 Å². The maximum Gasteiger partial charge on any atom is 0.126 e. The molecule has 0 atom stereocenters. The first-order chi connectivity index (χ1) is 8.24. The van der Waals surface area contributed by atoms with E-state index in [1.165, 1.54) is 18.4 Å². The van der Waals surface area contributed by atoms with Crippen LogP contribution in [0.25, 0.3) is 0 Å². The molecule has 1 aromatic carbocycles. The van der Waals surface area contributed by atoms with Crippen LogP contribution in [0.4, 0.5) is 4.39 Å². The molecule has 96 valence electrons. The second kappa shape index (κ2) is 8.20. The summed E-state index contributed by atoms with van der Waals surface area (Å²) in [5.41, 5.74) is 1.93. The lowest BCUT2D eigenvalue weighted by Gasteiger charge is -2.06. The van der Waals surface area contributed by atoms with Crippen LogP contribution < -0.4 is 10.6 Å². The molecule has 1 aromatic rings. The molecule has 2 nitrogen and oxygen atoms in total. The number of nitrogens with one attached hydrogen (secondary N) is 2. The fourth-order valence-corrected chi connectivity index (χ4v) is 1.77. The standard InChI is InChI=1S/C14H23FN2/c1-12-11-13(5-6-14(12)15)7-10-17-9-4-3-8-16-2/h5-6,11,16-17H,3-4,7-10H2,1-2H3. The van der Waals surface area contributed by atoms with Gasteiger partial charge in [-0.2, -0.15) is 0 Å². The van der Waals surface area contributed by atoms with Crippen LogP contribution in [0.2, 0.25) is 0 Å². The highest BCUT2D eigenvalue weighted by Gasteiger charge is 1.98. The van der Waals surface area contributed by atoms with Crippen LogP contribution in [-0.2, 0) is 6.42 Å². The average molecular weight is 238 g/mol. The maximum atomic E-state index is 13.0. The van der Waals surface area contributed by atoms with Gasteiger partial charge in [0.1, 0.15) is 5.82 Å². The van der Waals surface area contributed by atoms with Crippen molar-refractivity contribution in [3.8, 4) is 0 Å². The Kier molecular flexibility index (Phi) is 6.82. The van der Waals surface area contributed by atoms with E-state index in [0.717, 1.165) is 31.6 Å². The van der Waals surface area contributed by atoms with Gasteiger partial charge in [-0.1, -0.05) is 12.1 Å². The molecule has 1 rings (SSSR count). The van der Waals surface area contributed by atoms with Crippen molar-refractivity contribution in [1.29, 1.82) is 0 Å². The fourth-order valence-electron chi connectivity index (χ4n) is 1.77. The zero-order valence-electron chi connectivity index (χ0n) is 10.9. The maximum absolute atomic E-state index is 13.0. The van der Waals surface area contributed by atoms with Gasteiger partial charge < -0.3 is 10.6 Å². The van der Waals surface area contributed by atoms with Gasteiger partial charge in [0.25, 0.3) is 0 Å². The SMILES string of the molecule is CNCCCCNCCc1ccc(F)c(C)c1. The monoisotopic (exact) mass is 238 g/mol. The van der Waals surface area contributed by atoms with Crippen LogP contribution in [0.3, 0.4) is 0 Å². The molecular formula is C14H23FN2. The van der Waals surface area contributed by atoms with Gasteiger partial charge in [-0.15, -0.1) is 0 Å². The Morgan fingerprint density at radius 3 is 2.59 bits per heavy atom. The summed E-state index contributed by atoms with van der Waals surface area (Å²) in [7, 11) is 1.98. The first-order valence-electron chi connectivity index (χ1n) is 6.34. The van der Waals surface area contributed by atoms with E-state index in [-0.39, 0.29) is 5.82 Å². The zero-order chi connectivity index (χ0) is 12.5. The molecule has 0 spiro atoms. The topological polar surface area (TPSA) is 24.1 Å². The van der Waals surface area contributed by atoms with Crippen LogP contribution >= 0.6 is 0 Å². The molecule has 0 aliphatic rings. The molecule has 0 radical (unpaired) electrons. The molecule has 3 heteroatoms. The molecular weight excluding hydrogens is 215 g/mol. The summed E-state index contributed by atoms with van der Waals surface area (Å²) >= 11 is 0. The summed E-state index contributed by atoms with van der Waals surface area (Å²) in [6.07, 6.45) is 3.37. The number of hydrogen-bond acceptors (Lipinski definition) is 2. The number of halogens is 1. The van der Waals surface area contributed by atoms with E-state index in [4.69, 9.17) is 0 Å². The summed E-state index contributed by atoms with van der Waals surface area (Å²) in [6.45, 7) is 4.91. The molecule has 0 bridgehead atoms. The number of aryl methyl sites for hydroxylation is 1. The van der Waals surface area contributed by atoms with E-state index < -0.39 is 0 Å². The Labute approximate surface area is 104 Å². The third-order valence-corrected chi connectivity index (χ3v) is 2.84. The van der Waals surface area contributed by atoms with E-state index >= 15 is 0 Å². The van der Waals surface area contributed by atoms with Crippen molar-refractivity contribution in [2.45, 2.75) is 26.2 Å². The molecule has 0 aliphatic carbocycles. The number of unbranched alkanes of at least 4 members (excludes halogenated alkanes) is 1. The van der Waals surface area contributed by atoms with Gasteiger partial charge in [-0.3, -0.25) is 0 Å². The largest absolute Gasteiger partial charge is 0.320 e. The van der Waals surface area contributed by atoms with Crippen LogP contribution in [0, 0.1) is 12.7 Å². The Morgan fingerprint density at radius 1 is 1.12 bits per heavy atom. The van der Waals surface area contributed by atoms with Gasteiger partial charge in [-0.25, -0.2) is 4.39 Å². The minimum Gasteiger partial charge on any atom is -0.320 e. The fraction of sp³-hybridized carbons (Fsp3) is 0.571.